The molecule has 0 aliphatic heterocycles. The van der Waals surface area contributed by atoms with E-state index in [0.717, 1.165) is 18.6 Å². The Labute approximate surface area is 103 Å². The van der Waals surface area contributed by atoms with Crippen molar-refractivity contribution >= 4 is 11.8 Å². The van der Waals surface area contributed by atoms with E-state index in [-0.39, 0.29) is 0 Å². The van der Waals surface area contributed by atoms with Gasteiger partial charge in [-0.2, -0.15) is 0 Å². The lowest BCUT2D eigenvalue weighted by Gasteiger charge is -2.11. The number of hydrogen-bond acceptors (Lipinski definition) is 1. The third-order valence-corrected chi connectivity index (χ3v) is 3.40. The van der Waals surface area contributed by atoms with Crippen LogP contribution in [-0.4, -0.2) is 5.75 Å². The molecule has 1 rings (SSSR count). The standard InChI is InChI=1S/C15H18S/c1-4-8-13-10-7-11-15(16-12-6-3)14(13)9-5-2/h4-7,10-11H,1-3,8-9,12H2. The van der Waals surface area contributed by atoms with Gasteiger partial charge in [-0.1, -0.05) is 30.4 Å². The molecule has 0 aliphatic rings. The topological polar surface area (TPSA) is 0 Å². The zero-order valence-electron chi connectivity index (χ0n) is 9.61. The predicted molar refractivity (Wildman–Crippen MR) is 75.2 cm³/mol. The normalized spacial score (nSPS) is 9.75. The van der Waals surface area contributed by atoms with Gasteiger partial charge in [-0.05, 0) is 30.0 Å². The minimum absolute atomic E-state index is 0.920. The molecule has 1 aromatic carbocycles. The van der Waals surface area contributed by atoms with Crippen LogP contribution in [0.25, 0.3) is 0 Å². The van der Waals surface area contributed by atoms with Gasteiger partial charge in [0, 0.05) is 10.6 Å². The highest BCUT2D eigenvalue weighted by Crippen LogP contribution is 2.26. The van der Waals surface area contributed by atoms with Crippen LogP contribution in [0.4, 0.5) is 0 Å². The monoisotopic (exact) mass is 230 g/mol. The van der Waals surface area contributed by atoms with Gasteiger partial charge in [0.2, 0.25) is 0 Å². The fourth-order valence-electron chi connectivity index (χ4n) is 1.62. The molecule has 1 aromatic rings. The third kappa shape index (κ3) is 3.42. The molecule has 0 bridgehead atoms. The van der Waals surface area contributed by atoms with Gasteiger partial charge in [-0.3, -0.25) is 0 Å². The Morgan fingerprint density at radius 3 is 2.38 bits per heavy atom. The maximum atomic E-state index is 3.82. The van der Waals surface area contributed by atoms with Gasteiger partial charge in [0.1, 0.15) is 0 Å². The molecule has 0 aromatic heterocycles. The number of thioether (sulfide) groups is 1. The van der Waals surface area contributed by atoms with Gasteiger partial charge in [0.15, 0.2) is 0 Å². The van der Waals surface area contributed by atoms with Crippen molar-refractivity contribution in [3.63, 3.8) is 0 Å². The molecule has 0 spiro atoms. The Morgan fingerprint density at radius 2 is 1.75 bits per heavy atom. The first-order valence-corrected chi connectivity index (χ1v) is 6.38. The highest BCUT2D eigenvalue weighted by atomic mass is 32.2. The van der Waals surface area contributed by atoms with Crippen LogP contribution in [0.15, 0.2) is 61.1 Å². The number of benzene rings is 1. The molecule has 0 unspecified atom stereocenters. The number of allylic oxidation sites excluding steroid dienone is 2. The molecule has 0 amide bonds. The van der Waals surface area contributed by atoms with Gasteiger partial charge < -0.3 is 0 Å². The Morgan fingerprint density at radius 1 is 1.00 bits per heavy atom. The van der Waals surface area contributed by atoms with E-state index in [1.165, 1.54) is 16.0 Å². The van der Waals surface area contributed by atoms with Crippen molar-refractivity contribution in [3.05, 3.63) is 67.3 Å². The van der Waals surface area contributed by atoms with E-state index in [0.29, 0.717) is 0 Å². The highest BCUT2D eigenvalue weighted by Gasteiger charge is 2.05. The molecule has 0 saturated heterocycles. The van der Waals surface area contributed by atoms with Crippen LogP contribution in [0.5, 0.6) is 0 Å². The summed E-state index contributed by atoms with van der Waals surface area (Å²) in [6, 6.07) is 6.44. The average molecular weight is 230 g/mol. The molecule has 84 valence electrons. The molecule has 0 heterocycles. The zero-order chi connectivity index (χ0) is 11.8. The molecule has 0 radical (unpaired) electrons. The van der Waals surface area contributed by atoms with Gasteiger partial charge in [-0.15, -0.1) is 31.5 Å². The summed E-state index contributed by atoms with van der Waals surface area (Å²) in [6.07, 6.45) is 7.68. The summed E-state index contributed by atoms with van der Waals surface area (Å²) in [5.41, 5.74) is 2.73. The lowest BCUT2D eigenvalue weighted by Crippen LogP contribution is -1.94. The van der Waals surface area contributed by atoms with Crippen LogP contribution >= 0.6 is 11.8 Å². The van der Waals surface area contributed by atoms with E-state index in [9.17, 15) is 0 Å². The summed E-state index contributed by atoms with van der Waals surface area (Å²) in [5, 5.41) is 0. The molecule has 1 heteroatoms. The van der Waals surface area contributed by atoms with Crippen LogP contribution < -0.4 is 0 Å². The van der Waals surface area contributed by atoms with Gasteiger partial charge in [-0.25, -0.2) is 0 Å². The minimum atomic E-state index is 0.920. The summed E-state index contributed by atoms with van der Waals surface area (Å²) in [6.45, 7) is 11.4. The molecule has 16 heavy (non-hydrogen) atoms. The Kier molecular flexibility index (Phi) is 5.73. The van der Waals surface area contributed by atoms with Crippen LogP contribution in [0.1, 0.15) is 11.1 Å². The second kappa shape index (κ2) is 7.13. The van der Waals surface area contributed by atoms with Crippen LogP contribution in [0.2, 0.25) is 0 Å². The highest BCUT2D eigenvalue weighted by molar-refractivity contribution is 7.99. The molecule has 0 atom stereocenters. The Hall–Kier alpha value is -1.21. The summed E-state index contributed by atoms with van der Waals surface area (Å²) < 4.78 is 0. The summed E-state index contributed by atoms with van der Waals surface area (Å²) in [7, 11) is 0. The van der Waals surface area contributed by atoms with Crippen molar-refractivity contribution < 1.29 is 0 Å². The number of rotatable bonds is 7. The summed E-state index contributed by atoms with van der Waals surface area (Å²) >= 11 is 1.83. The van der Waals surface area contributed by atoms with Crippen LogP contribution in [0, 0.1) is 0 Å². The SMILES string of the molecule is C=CCSc1cccc(CC=C)c1CC=C. The van der Waals surface area contributed by atoms with Crippen molar-refractivity contribution in [1.29, 1.82) is 0 Å². The van der Waals surface area contributed by atoms with Crippen LogP contribution in [0.3, 0.4) is 0 Å². The molecule has 0 nitrogen and oxygen atoms in total. The second-order valence-corrected chi connectivity index (χ2v) is 4.54. The van der Waals surface area contributed by atoms with Crippen molar-refractivity contribution in [2.75, 3.05) is 5.75 Å². The maximum Gasteiger partial charge on any atom is 0.0158 e. The lowest BCUT2D eigenvalue weighted by molar-refractivity contribution is 1.09. The van der Waals surface area contributed by atoms with E-state index in [4.69, 9.17) is 0 Å². The van der Waals surface area contributed by atoms with Crippen molar-refractivity contribution in [3.8, 4) is 0 Å². The molecule has 0 N–H and O–H groups in total. The zero-order valence-corrected chi connectivity index (χ0v) is 10.4. The van der Waals surface area contributed by atoms with E-state index in [1.54, 1.807) is 0 Å². The first-order chi connectivity index (χ1) is 7.83. The largest absolute Gasteiger partial charge is 0.122 e. The van der Waals surface area contributed by atoms with E-state index in [1.807, 2.05) is 30.0 Å². The molecular weight excluding hydrogens is 212 g/mol. The maximum absolute atomic E-state index is 3.82. The van der Waals surface area contributed by atoms with E-state index in [2.05, 4.69) is 37.9 Å². The van der Waals surface area contributed by atoms with Gasteiger partial charge >= 0.3 is 0 Å². The summed E-state index contributed by atoms with van der Waals surface area (Å²) in [5.74, 6) is 0.946. The first kappa shape index (κ1) is 12.9. The van der Waals surface area contributed by atoms with Crippen LogP contribution in [-0.2, 0) is 12.8 Å². The van der Waals surface area contributed by atoms with E-state index >= 15 is 0 Å². The third-order valence-electron chi connectivity index (χ3n) is 2.30. The molecule has 0 fully saturated rings. The molecule has 0 saturated carbocycles. The van der Waals surface area contributed by atoms with Gasteiger partial charge in [0.05, 0.1) is 0 Å². The first-order valence-electron chi connectivity index (χ1n) is 5.39. The fraction of sp³-hybridized carbons (Fsp3) is 0.200. The molecular formula is C15H18S. The minimum Gasteiger partial charge on any atom is -0.122 e. The second-order valence-electron chi connectivity index (χ2n) is 3.48. The molecule has 0 aliphatic carbocycles. The smallest absolute Gasteiger partial charge is 0.0158 e. The Balaban J connectivity index is 3.03. The fourth-order valence-corrected chi connectivity index (χ4v) is 2.48. The Bertz CT molecular complexity index is 377. The lowest BCUT2D eigenvalue weighted by atomic mass is 10.0. The van der Waals surface area contributed by atoms with E-state index < -0.39 is 0 Å². The predicted octanol–water partition coefficient (Wildman–Crippen LogP) is 4.42. The van der Waals surface area contributed by atoms with Crippen molar-refractivity contribution in [2.24, 2.45) is 0 Å². The van der Waals surface area contributed by atoms with Crippen molar-refractivity contribution in [1.82, 2.24) is 0 Å². The summed E-state index contributed by atoms with van der Waals surface area (Å²) in [4.78, 5) is 1.33. The van der Waals surface area contributed by atoms with Crippen molar-refractivity contribution in [2.45, 2.75) is 17.7 Å². The van der Waals surface area contributed by atoms with Gasteiger partial charge in [0.25, 0.3) is 0 Å². The quantitative estimate of drug-likeness (QED) is 0.493. The average Bonchev–Trinajstić information content (AvgIpc) is 2.30. The number of hydrogen-bond donors (Lipinski definition) is 0.